The van der Waals surface area contributed by atoms with Gasteiger partial charge in [-0.3, -0.25) is 0 Å². The van der Waals surface area contributed by atoms with Gasteiger partial charge in [-0.25, -0.2) is 0 Å². The number of anilines is 1. The molecule has 0 spiro atoms. The van der Waals surface area contributed by atoms with Crippen LogP contribution in [-0.4, -0.2) is 18.1 Å². The maximum atomic E-state index is 12.8. The van der Waals surface area contributed by atoms with Gasteiger partial charge in [0.25, 0.3) is 0 Å². The number of rotatable bonds is 2. The number of benzene rings is 1. The van der Waals surface area contributed by atoms with Crippen LogP contribution >= 0.6 is 12.2 Å². The standard InChI is InChI=1S/C12H13F3N2S/c13-12(14,15)10-4-3-8(7-9(10)11(16)18)17-5-1-2-6-17/h3-4,7H,1-2,5-6H2,(H2,16,18). The summed E-state index contributed by atoms with van der Waals surface area (Å²) in [5, 5.41) is 0. The Kier molecular flexibility index (Phi) is 3.47. The van der Waals surface area contributed by atoms with E-state index in [0.29, 0.717) is 0 Å². The van der Waals surface area contributed by atoms with Crippen LogP contribution in [0.2, 0.25) is 0 Å². The zero-order valence-corrected chi connectivity index (χ0v) is 10.4. The van der Waals surface area contributed by atoms with E-state index in [4.69, 9.17) is 18.0 Å². The van der Waals surface area contributed by atoms with Crippen molar-refractivity contribution in [2.75, 3.05) is 18.0 Å². The van der Waals surface area contributed by atoms with Crippen molar-refractivity contribution in [3.05, 3.63) is 29.3 Å². The Bertz CT molecular complexity index is 465. The lowest BCUT2D eigenvalue weighted by Gasteiger charge is -2.20. The number of halogens is 3. The van der Waals surface area contributed by atoms with Crippen LogP contribution in [0.25, 0.3) is 0 Å². The number of thiocarbonyl (C=S) groups is 1. The summed E-state index contributed by atoms with van der Waals surface area (Å²) in [6, 6.07) is 3.98. The summed E-state index contributed by atoms with van der Waals surface area (Å²) in [4.78, 5) is 1.82. The van der Waals surface area contributed by atoms with E-state index in [1.165, 1.54) is 12.1 Å². The zero-order chi connectivity index (χ0) is 13.3. The zero-order valence-electron chi connectivity index (χ0n) is 9.63. The third-order valence-corrected chi connectivity index (χ3v) is 3.27. The highest BCUT2D eigenvalue weighted by Gasteiger charge is 2.34. The molecular weight excluding hydrogens is 261 g/mol. The Morgan fingerprint density at radius 2 is 1.83 bits per heavy atom. The predicted molar refractivity (Wildman–Crippen MR) is 68.8 cm³/mol. The maximum absolute atomic E-state index is 12.8. The largest absolute Gasteiger partial charge is 0.417 e. The van der Waals surface area contributed by atoms with Gasteiger partial charge >= 0.3 is 6.18 Å². The highest BCUT2D eigenvalue weighted by atomic mass is 32.1. The van der Waals surface area contributed by atoms with Crippen molar-refractivity contribution in [2.24, 2.45) is 5.73 Å². The minimum atomic E-state index is -4.43. The molecule has 0 amide bonds. The van der Waals surface area contributed by atoms with Gasteiger partial charge in [-0.15, -0.1) is 0 Å². The van der Waals surface area contributed by atoms with E-state index in [9.17, 15) is 13.2 Å². The van der Waals surface area contributed by atoms with Gasteiger partial charge in [-0.05, 0) is 31.0 Å². The molecule has 0 aliphatic carbocycles. The Balaban J connectivity index is 2.43. The quantitative estimate of drug-likeness (QED) is 0.841. The first-order valence-corrected chi connectivity index (χ1v) is 6.06. The predicted octanol–water partition coefficient (Wildman–Crippen LogP) is 2.94. The Labute approximate surface area is 109 Å². The van der Waals surface area contributed by atoms with Crippen molar-refractivity contribution in [3.63, 3.8) is 0 Å². The van der Waals surface area contributed by atoms with E-state index in [2.05, 4.69) is 0 Å². The molecule has 0 aromatic heterocycles. The summed E-state index contributed by atoms with van der Waals surface area (Å²) >= 11 is 4.71. The van der Waals surface area contributed by atoms with Gasteiger partial charge in [0.15, 0.2) is 0 Å². The number of hydrogen-bond donors (Lipinski definition) is 1. The Hall–Kier alpha value is -1.30. The van der Waals surface area contributed by atoms with E-state index in [-0.39, 0.29) is 10.6 Å². The normalized spacial score (nSPS) is 16.1. The molecule has 1 fully saturated rings. The molecule has 6 heteroatoms. The summed E-state index contributed by atoms with van der Waals surface area (Å²) in [5.41, 5.74) is 5.28. The molecule has 0 radical (unpaired) electrons. The molecule has 98 valence electrons. The molecule has 0 atom stereocenters. The van der Waals surface area contributed by atoms with Crippen LogP contribution in [-0.2, 0) is 6.18 Å². The molecule has 2 nitrogen and oxygen atoms in total. The molecule has 0 bridgehead atoms. The van der Waals surface area contributed by atoms with Crippen molar-refractivity contribution in [3.8, 4) is 0 Å². The number of nitrogens with zero attached hydrogens (tertiary/aromatic N) is 1. The molecule has 1 heterocycles. The van der Waals surface area contributed by atoms with E-state index in [1.54, 1.807) is 0 Å². The molecule has 0 unspecified atom stereocenters. The molecule has 2 rings (SSSR count). The molecular formula is C12H13F3N2S. The second kappa shape index (κ2) is 4.76. The fourth-order valence-corrected chi connectivity index (χ4v) is 2.32. The van der Waals surface area contributed by atoms with Crippen LogP contribution in [0.4, 0.5) is 18.9 Å². The third-order valence-electron chi connectivity index (χ3n) is 3.05. The smallest absolute Gasteiger partial charge is 0.389 e. The SMILES string of the molecule is NC(=S)c1cc(N2CCCC2)ccc1C(F)(F)F. The van der Waals surface area contributed by atoms with Gasteiger partial charge in [0.05, 0.1) is 5.56 Å². The second-order valence-electron chi connectivity index (χ2n) is 4.29. The molecule has 0 saturated carbocycles. The van der Waals surface area contributed by atoms with Crippen molar-refractivity contribution >= 4 is 22.9 Å². The average Bonchev–Trinajstić information content (AvgIpc) is 2.80. The lowest BCUT2D eigenvalue weighted by atomic mass is 10.1. The summed E-state index contributed by atoms with van der Waals surface area (Å²) in [6.45, 7) is 1.73. The summed E-state index contributed by atoms with van der Waals surface area (Å²) < 4.78 is 38.4. The van der Waals surface area contributed by atoms with Gasteiger partial charge in [0, 0.05) is 24.3 Å². The summed E-state index contributed by atoms with van der Waals surface area (Å²) in [6.07, 6.45) is -2.31. The van der Waals surface area contributed by atoms with Crippen LogP contribution in [0.5, 0.6) is 0 Å². The van der Waals surface area contributed by atoms with Gasteiger partial charge < -0.3 is 10.6 Å². The summed E-state index contributed by atoms with van der Waals surface area (Å²) in [5.74, 6) is 0. The molecule has 1 aromatic carbocycles. The van der Waals surface area contributed by atoms with E-state index in [1.807, 2.05) is 4.90 Å². The van der Waals surface area contributed by atoms with Crippen molar-refractivity contribution in [1.82, 2.24) is 0 Å². The lowest BCUT2D eigenvalue weighted by Crippen LogP contribution is -2.21. The first kappa shape index (κ1) is 13.1. The first-order valence-electron chi connectivity index (χ1n) is 5.65. The van der Waals surface area contributed by atoms with E-state index >= 15 is 0 Å². The van der Waals surface area contributed by atoms with Gasteiger partial charge in [0.2, 0.25) is 0 Å². The Morgan fingerprint density at radius 3 is 2.33 bits per heavy atom. The van der Waals surface area contributed by atoms with Crippen LogP contribution in [0.1, 0.15) is 24.0 Å². The summed E-state index contributed by atoms with van der Waals surface area (Å²) in [7, 11) is 0. The fraction of sp³-hybridized carbons (Fsp3) is 0.417. The molecule has 18 heavy (non-hydrogen) atoms. The van der Waals surface area contributed by atoms with Crippen LogP contribution in [0.15, 0.2) is 18.2 Å². The molecule has 1 aliphatic rings. The van der Waals surface area contributed by atoms with Crippen LogP contribution < -0.4 is 10.6 Å². The second-order valence-corrected chi connectivity index (χ2v) is 4.73. The molecule has 1 saturated heterocycles. The van der Waals surface area contributed by atoms with Crippen LogP contribution in [0, 0.1) is 0 Å². The highest BCUT2D eigenvalue weighted by molar-refractivity contribution is 7.80. The van der Waals surface area contributed by atoms with Crippen molar-refractivity contribution in [2.45, 2.75) is 19.0 Å². The third kappa shape index (κ3) is 2.58. The fourth-order valence-electron chi connectivity index (χ4n) is 2.16. The minimum Gasteiger partial charge on any atom is -0.389 e. The lowest BCUT2D eigenvalue weighted by molar-refractivity contribution is -0.137. The van der Waals surface area contributed by atoms with Crippen LogP contribution in [0.3, 0.4) is 0 Å². The van der Waals surface area contributed by atoms with Crippen molar-refractivity contribution < 1.29 is 13.2 Å². The van der Waals surface area contributed by atoms with Crippen molar-refractivity contribution in [1.29, 1.82) is 0 Å². The van der Waals surface area contributed by atoms with Gasteiger partial charge in [-0.1, -0.05) is 12.2 Å². The minimum absolute atomic E-state index is 0.0955. The van der Waals surface area contributed by atoms with E-state index in [0.717, 1.165) is 37.7 Å². The topological polar surface area (TPSA) is 29.3 Å². The first-order chi connectivity index (χ1) is 8.39. The number of nitrogens with two attached hydrogens (primary N) is 1. The maximum Gasteiger partial charge on any atom is 0.417 e. The molecule has 1 aliphatic heterocycles. The van der Waals surface area contributed by atoms with E-state index < -0.39 is 11.7 Å². The van der Waals surface area contributed by atoms with Gasteiger partial charge in [-0.2, -0.15) is 13.2 Å². The Morgan fingerprint density at radius 1 is 1.22 bits per heavy atom. The molecule has 2 N–H and O–H groups in total. The van der Waals surface area contributed by atoms with Gasteiger partial charge in [0.1, 0.15) is 4.99 Å². The highest BCUT2D eigenvalue weighted by Crippen LogP contribution is 2.34. The monoisotopic (exact) mass is 274 g/mol. The average molecular weight is 274 g/mol. The molecule has 1 aromatic rings. The number of alkyl halides is 3. The number of hydrogen-bond acceptors (Lipinski definition) is 2.